The number of nitrogens with one attached hydrogen (secondary N) is 1. The maximum Gasteiger partial charge on any atom is 0.0470 e. The Morgan fingerprint density at radius 3 is 2.86 bits per heavy atom. The monoisotopic (exact) mass is 217 g/mol. The van der Waals surface area contributed by atoms with Gasteiger partial charge in [0.15, 0.2) is 0 Å². The van der Waals surface area contributed by atoms with Crippen LogP contribution in [0.1, 0.15) is 32.1 Å². The quantitative estimate of drug-likeness (QED) is 0.690. The van der Waals surface area contributed by atoms with Crippen molar-refractivity contribution in [2.45, 2.75) is 43.4 Å². The van der Waals surface area contributed by atoms with Crippen LogP contribution in [-0.2, 0) is 4.74 Å². The molecule has 14 heavy (non-hydrogen) atoms. The van der Waals surface area contributed by atoms with E-state index in [0.29, 0.717) is 0 Å². The summed E-state index contributed by atoms with van der Waals surface area (Å²) in [6.07, 6.45) is 6.76. The highest BCUT2D eigenvalue weighted by molar-refractivity contribution is 7.99. The van der Waals surface area contributed by atoms with Gasteiger partial charge in [0.1, 0.15) is 0 Å². The highest BCUT2D eigenvalue weighted by atomic mass is 32.2. The average molecular weight is 217 g/mol. The van der Waals surface area contributed by atoms with Crippen LogP contribution in [0.5, 0.6) is 0 Å². The molecule has 2 atom stereocenters. The summed E-state index contributed by atoms with van der Waals surface area (Å²) in [6.45, 7) is 0.907. The van der Waals surface area contributed by atoms with Crippen LogP contribution in [-0.4, -0.2) is 37.8 Å². The first-order valence-corrected chi connectivity index (χ1v) is 6.71. The van der Waals surface area contributed by atoms with Crippen molar-refractivity contribution in [2.24, 2.45) is 0 Å². The molecule has 0 amide bonds. The molecule has 2 nitrogen and oxygen atoms in total. The Bertz CT molecular complexity index is 143. The zero-order chi connectivity index (χ0) is 10.2. The fourth-order valence-corrected chi connectivity index (χ4v) is 3.49. The third-order valence-corrected chi connectivity index (χ3v) is 4.41. The second-order valence-electron chi connectivity index (χ2n) is 3.94. The predicted octanol–water partition coefficient (Wildman–Crippen LogP) is 2.29. The molecule has 1 fully saturated rings. The van der Waals surface area contributed by atoms with Crippen molar-refractivity contribution in [3.63, 3.8) is 0 Å². The number of thioether (sulfide) groups is 1. The number of hydrogen-bond donors (Lipinski definition) is 1. The molecule has 1 rings (SSSR count). The molecule has 0 bridgehead atoms. The van der Waals surface area contributed by atoms with Crippen LogP contribution in [0.25, 0.3) is 0 Å². The molecule has 1 saturated carbocycles. The first-order chi connectivity index (χ1) is 6.88. The first-order valence-electron chi connectivity index (χ1n) is 5.66. The molecule has 0 heterocycles. The molecule has 1 aliphatic rings. The van der Waals surface area contributed by atoms with Crippen LogP contribution in [0, 0.1) is 0 Å². The molecule has 0 spiro atoms. The van der Waals surface area contributed by atoms with Crippen LogP contribution >= 0.6 is 11.8 Å². The van der Waals surface area contributed by atoms with Gasteiger partial charge in [-0.2, -0.15) is 11.8 Å². The van der Waals surface area contributed by atoms with E-state index in [9.17, 15) is 0 Å². The van der Waals surface area contributed by atoms with Crippen LogP contribution in [0.2, 0.25) is 0 Å². The number of ether oxygens (including phenoxy) is 1. The zero-order valence-electron chi connectivity index (χ0n) is 9.42. The molecule has 0 radical (unpaired) electrons. The highest BCUT2D eigenvalue weighted by Gasteiger charge is 2.23. The Morgan fingerprint density at radius 1 is 1.36 bits per heavy atom. The molecular weight excluding hydrogens is 194 g/mol. The Morgan fingerprint density at radius 2 is 2.14 bits per heavy atom. The summed E-state index contributed by atoms with van der Waals surface area (Å²) in [5, 5.41) is 4.28. The normalized spacial score (nSPS) is 27.9. The molecule has 0 saturated heterocycles. The lowest BCUT2D eigenvalue weighted by Gasteiger charge is -2.30. The molecule has 0 aliphatic heterocycles. The number of hydrogen-bond acceptors (Lipinski definition) is 3. The molecule has 3 heteroatoms. The van der Waals surface area contributed by atoms with Crippen molar-refractivity contribution in [2.75, 3.05) is 26.5 Å². The third-order valence-electron chi connectivity index (χ3n) is 2.90. The minimum absolute atomic E-state index is 0.747. The molecule has 84 valence electrons. The lowest BCUT2D eigenvalue weighted by molar-refractivity contribution is 0.200. The van der Waals surface area contributed by atoms with Gasteiger partial charge in [-0.15, -0.1) is 0 Å². The van der Waals surface area contributed by atoms with E-state index in [1.165, 1.54) is 37.9 Å². The fourth-order valence-electron chi connectivity index (χ4n) is 2.06. The fraction of sp³-hybridized carbons (Fsp3) is 1.00. The number of rotatable bonds is 6. The van der Waals surface area contributed by atoms with Crippen LogP contribution < -0.4 is 5.32 Å². The van der Waals surface area contributed by atoms with Gasteiger partial charge in [-0.25, -0.2) is 0 Å². The Balaban J connectivity index is 2.13. The molecular formula is C11H23NOS. The zero-order valence-corrected chi connectivity index (χ0v) is 10.2. The van der Waals surface area contributed by atoms with E-state index in [-0.39, 0.29) is 0 Å². The van der Waals surface area contributed by atoms with Gasteiger partial charge in [-0.1, -0.05) is 12.8 Å². The summed E-state index contributed by atoms with van der Waals surface area (Å²) in [6, 6.07) is 0.747. The first kappa shape index (κ1) is 12.3. The summed E-state index contributed by atoms with van der Waals surface area (Å²) >= 11 is 2.13. The van der Waals surface area contributed by atoms with E-state index in [4.69, 9.17) is 4.74 Å². The van der Waals surface area contributed by atoms with Crippen molar-refractivity contribution in [3.8, 4) is 0 Å². The maximum atomic E-state index is 5.06. The summed E-state index contributed by atoms with van der Waals surface area (Å²) in [5.41, 5.74) is 0. The van der Waals surface area contributed by atoms with E-state index in [1.807, 2.05) is 0 Å². The minimum atomic E-state index is 0.747. The molecule has 1 N–H and O–H groups in total. The second kappa shape index (κ2) is 7.55. The van der Waals surface area contributed by atoms with Gasteiger partial charge in [-0.05, 0) is 32.1 Å². The van der Waals surface area contributed by atoms with Crippen LogP contribution in [0.3, 0.4) is 0 Å². The van der Waals surface area contributed by atoms with Crippen molar-refractivity contribution < 1.29 is 4.74 Å². The van der Waals surface area contributed by atoms with Gasteiger partial charge in [0, 0.05) is 25.0 Å². The smallest absolute Gasteiger partial charge is 0.0470 e. The van der Waals surface area contributed by atoms with Gasteiger partial charge in [0.25, 0.3) is 0 Å². The Kier molecular flexibility index (Phi) is 6.65. The second-order valence-corrected chi connectivity index (χ2v) is 5.28. The Hall–Kier alpha value is 0.270. The van der Waals surface area contributed by atoms with Gasteiger partial charge >= 0.3 is 0 Å². The van der Waals surface area contributed by atoms with Gasteiger partial charge in [-0.3, -0.25) is 0 Å². The summed E-state index contributed by atoms with van der Waals surface area (Å²) in [7, 11) is 3.88. The van der Waals surface area contributed by atoms with Gasteiger partial charge in [0.05, 0.1) is 0 Å². The summed E-state index contributed by atoms with van der Waals surface area (Å²) in [4.78, 5) is 0. The molecule has 1 aliphatic carbocycles. The summed E-state index contributed by atoms with van der Waals surface area (Å²) in [5.74, 6) is 1.25. The minimum Gasteiger partial charge on any atom is -0.385 e. The van der Waals surface area contributed by atoms with E-state index >= 15 is 0 Å². The van der Waals surface area contributed by atoms with E-state index < -0.39 is 0 Å². The van der Waals surface area contributed by atoms with E-state index in [1.54, 1.807) is 7.11 Å². The molecule has 0 aromatic rings. The Labute approximate surface area is 92.2 Å². The van der Waals surface area contributed by atoms with Crippen molar-refractivity contribution >= 4 is 11.8 Å². The van der Waals surface area contributed by atoms with Gasteiger partial charge < -0.3 is 10.1 Å². The van der Waals surface area contributed by atoms with Crippen LogP contribution in [0.15, 0.2) is 0 Å². The molecule has 2 unspecified atom stereocenters. The summed E-state index contributed by atoms with van der Waals surface area (Å²) < 4.78 is 5.06. The number of methoxy groups -OCH3 is 1. The van der Waals surface area contributed by atoms with Crippen molar-refractivity contribution in [1.29, 1.82) is 0 Å². The maximum absolute atomic E-state index is 5.06. The third kappa shape index (κ3) is 4.20. The van der Waals surface area contributed by atoms with Crippen molar-refractivity contribution in [3.05, 3.63) is 0 Å². The van der Waals surface area contributed by atoms with Crippen LogP contribution in [0.4, 0.5) is 0 Å². The standard InChI is InChI=1S/C11H23NOS/c1-12-10-6-3-4-7-11(10)14-9-5-8-13-2/h10-12H,3-9H2,1-2H3. The van der Waals surface area contributed by atoms with Crippen molar-refractivity contribution in [1.82, 2.24) is 5.32 Å². The topological polar surface area (TPSA) is 21.3 Å². The average Bonchev–Trinajstić information content (AvgIpc) is 2.25. The molecule has 0 aromatic heterocycles. The van der Waals surface area contributed by atoms with E-state index in [0.717, 1.165) is 17.9 Å². The lowest BCUT2D eigenvalue weighted by atomic mass is 9.95. The predicted molar refractivity (Wildman–Crippen MR) is 64.1 cm³/mol. The lowest BCUT2D eigenvalue weighted by Crippen LogP contribution is -2.38. The molecule has 0 aromatic carbocycles. The highest BCUT2D eigenvalue weighted by Crippen LogP contribution is 2.28. The van der Waals surface area contributed by atoms with Gasteiger partial charge in [0.2, 0.25) is 0 Å². The van der Waals surface area contributed by atoms with E-state index in [2.05, 4.69) is 24.1 Å². The largest absolute Gasteiger partial charge is 0.385 e. The SMILES string of the molecule is CNC1CCCCC1SCCCOC.